The van der Waals surface area contributed by atoms with E-state index in [-0.39, 0.29) is 51.4 Å². The molecule has 2 N–H and O–H groups in total. The van der Waals surface area contributed by atoms with Crippen molar-refractivity contribution < 1.29 is 36.7 Å². The van der Waals surface area contributed by atoms with Crippen LogP contribution in [0.3, 0.4) is 0 Å². The summed E-state index contributed by atoms with van der Waals surface area (Å²) in [6, 6.07) is 7.01. The maximum Gasteiger partial charge on any atom is 0.493 e. The molecule has 3 rings (SSSR count). The smallest absolute Gasteiger partial charge is 0.492 e. The molecule has 13 heteroatoms. The van der Waals surface area contributed by atoms with E-state index >= 15 is 0 Å². The minimum atomic E-state index is -5.41. The SMILES string of the molecule is Cc1ccc(C(=O)N(OC(=O)C(F)(F)F)c2ccc(OCCN)c(-c3c(Cl)cnn3C)c2)cc1F. The molecule has 8 nitrogen and oxygen atoms in total. The number of amides is 1. The third-order valence-corrected chi connectivity index (χ3v) is 5.01. The first-order valence-electron chi connectivity index (χ1n) is 9.98. The summed E-state index contributed by atoms with van der Waals surface area (Å²) in [5, 5.41) is 4.32. The highest BCUT2D eigenvalue weighted by molar-refractivity contribution is 6.33. The molecule has 0 radical (unpaired) electrons. The first-order chi connectivity index (χ1) is 16.4. The number of nitrogens with two attached hydrogens (primary N) is 1. The molecular weight excluding hydrogens is 496 g/mol. The Hall–Kier alpha value is -3.64. The van der Waals surface area contributed by atoms with Crippen LogP contribution in [0.15, 0.2) is 42.6 Å². The quantitative estimate of drug-likeness (QED) is 0.391. The van der Waals surface area contributed by atoms with Crippen molar-refractivity contribution in [3.05, 3.63) is 64.6 Å². The van der Waals surface area contributed by atoms with E-state index in [2.05, 4.69) is 9.94 Å². The Balaban J connectivity index is 2.16. The lowest BCUT2D eigenvalue weighted by Crippen LogP contribution is -2.39. The first-order valence-corrected chi connectivity index (χ1v) is 10.4. The van der Waals surface area contributed by atoms with E-state index in [0.29, 0.717) is 5.69 Å². The molecule has 0 saturated heterocycles. The fourth-order valence-corrected chi connectivity index (χ4v) is 3.29. The molecule has 35 heavy (non-hydrogen) atoms. The van der Waals surface area contributed by atoms with Gasteiger partial charge in [0.1, 0.15) is 18.2 Å². The number of halogens is 5. The predicted octanol–water partition coefficient (Wildman–Crippen LogP) is 4.19. The first kappa shape index (κ1) is 26.0. The van der Waals surface area contributed by atoms with Crippen LogP contribution >= 0.6 is 11.6 Å². The maximum absolute atomic E-state index is 14.1. The van der Waals surface area contributed by atoms with Gasteiger partial charge in [-0.2, -0.15) is 18.3 Å². The van der Waals surface area contributed by atoms with Gasteiger partial charge in [-0.05, 0) is 42.8 Å². The summed E-state index contributed by atoms with van der Waals surface area (Å²) in [5.74, 6) is -4.42. The Morgan fingerprint density at radius 1 is 1.20 bits per heavy atom. The molecule has 186 valence electrons. The van der Waals surface area contributed by atoms with Crippen molar-refractivity contribution in [2.24, 2.45) is 12.8 Å². The normalized spacial score (nSPS) is 11.3. The number of hydroxylamine groups is 1. The Bertz CT molecular complexity index is 1240. The molecule has 1 aromatic heterocycles. The molecule has 0 unspecified atom stereocenters. The second-order valence-corrected chi connectivity index (χ2v) is 7.63. The summed E-state index contributed by atoms with van der Waals surface area (Å²) in [7, 11) is 1.56. The van der Waals surface area contributed by atoms with Crippen molar-refractivity contribution in [3.8, 4) is 17.0 Å². The van der Waals surface area contributed by atoms with Gasteiger partial charge in [0.25, 0.3) is 5.91 Å². The fraction of sp³-hybridized carbons (Fsp3) is 0.227. The van der Waals surface area contributed by atoms with Crippen molar-refractivity contribution in [1.82, 2.24) is 9.78 Å². The lowest BCUT2D eigenvalue weighted by Gasteiger charge is -2.23. The largest absolute Gasteiger partial charge is 0.493 e. The van der Waals surface area contributed by atoms with E-state index < -0.39 is 23.9 Å². The Kier molecular flexibility index (Phi) is 7.66. The summed E-state index contributed by atoms with van der Waals surface area (Å²) in [6.45, 7) is 1.69. The lowest BCUT2D eigenvalue weighted by atomic mass is 10.1. The van der Waals surface area contributed by atoms with Crippen molar-refractivity contribution in [3.63, 3.8) is 0 Å². The highest BCUT2D eigenvalue weighted by Gasteiger charge is 2.44. The average molecular weight is 515 g/mol. The minimum Gasteiger partial charge on any atom is -0.492 e. The topological polar surface area (TPSA) is 99.7 Å². The van der Waals surface area contributed by atoms with E-state index in [1.165, 1.54) is 48.1 Å². The summed E-state index contributed by atoms with van der Waals surface area (Å²) in [6.07, 6.45) is -4.08. The molecule has 0 fully saturated rings. The van der Waals surface area contributed by atoms with Crippen molar-refractivity contribution in [1.29, 1.82) is 0 Å². The number of aromatic nitrogens is 2. The number of carbonyl (C=O) groups is 2. The number of rotatable bonds is 6. The number of anilines is 1. The van der Waals surface area contributed by atoms with Crippen LogP contribution in [0.2, 0.25) is 5.02 Å². The van der Waals surface area contributed by atoms with Gasteiger partial charge in [-0.25, -0.2) is 9.18 Å². The molecule has 0 saturated carbocycles. The number of aryl methyl sites for hydroxylation is 2. The summed E-state index contributed by atoms with van der Waals surface area (Å²) >= 11 is 6.23. The van der Waals surface area contributed by atoms with Crippen LogP contribution in [0.5, 0.6) is 5.75 Å². The van der Waals surface area contributed by atoms with E-state index in [0.717, 1.165) is 6.07 Å². The molecule has 0 atom stereocenters. The Morgan fingerprint density at radius 2 is 1.91 bits per heavy atom. The zero-order chi connectivity index (χ0) is 25.9. The monoisotopic (exact) mass is 514 g/mol. The molecule has 0 bridgehead atoms. The molecule has 0 aliphatic heterocycles. The second kappa shape index (κ2) is 10.3. The van der Waals surface area contributed by atoms with E-state index in [1.54, 1.807) is 7.05 Å². The van der Waals surface area contributed by atoms with E-state index in [1.807, 2.05) is 0 Å². The van der Waals surface area contributed by atoms with Gasteiger partial charge in [0.15, 0.2) is 0 Å². The minimum absolute atomic E-state index is 0.0934. The molecule has 0 aliphatic carbocycles. The van der Waals surface area contributed by atoms with Crippen LogP contribution in [0.25, 0.3) is 11.3 Å². The third kappa shape index (κ3) is 5.72. The molecule has 0 spiro atoms. The number of carbonyl (C=O) groups excluding carboxylic acids is 2. The van der Waals surface area contributed by atoms with E-state index in [9.17, 15) is 27.2 Å². The summed E-state index contributed by atoms with van der Waals surface area (Å²) < 4.78 is 60.0. The standard InChI is InChI=1S/C22H19ClF4N4O4/c1-12-3-4-13(9-17(12)24)20(32)31(35-21(33)22(25,26)27)14-5-6-18(34-8-7-28)15(10-14)19-16(23)11-29-30(19)2/h3-6,9-11H,7-8,28H2,1-2H3. The Morgan fingerprint density at radius 3 is 2.49 bits per heavy atom. The third-order valence-electron chi connectivity index (χ3n) is 4.73. The van der Waals surface area contributed by atoms with Gasteiger partial charge in [0, 0.05) is 24.7 Å². The van der Waals surface area contributed by atoms with Gasteiger partial charge in [-0.1, -0.05) is 17.7 Å². The number of nitrogens with zero attached hydrogens (tertiary/aromatic N) is 3. The van der Waals surface area contributed by atoms with Gasteiger partial charge >= 0.3 is 12.1 Å². The molecule has 1 heterocycles. The van der Waals surface area contributed by atoms with Crippen LogP contribution in [0.4, 0.5) is 23.2 Å². The fourth-order valence-electron chi connectivity index (χ4n) is 3.03. The summed E-state index contributed by atoms with van der Waals surface area (Å²) in [4.78, 5) is 29.2. The van der Waals surface area contributed by atoms with Gasteiger partial charge in [0.2, 0.25) is 0 Å². The van der Waals surface area contributed by atoms with Crippen molar-refractivity contribution >= 4 is 29.2 Å². The number of hydrogen-bond acceptors (Lipinski definition) is 6. The van der Waals surface area contributed by atoms with Gasteiger partial charge in [-0.15, -0.1) is 5.06 Å². The van der Waals surface area contributed by atoms with Crippen LogP contribution in [-0.2, 0) is 16.7 Å². The molecule has 0 aliphatic rings. The number of ether oxygens (including phenoxy) is 1. The molecule has 3 aromatic rings. The van der Waals surface area contributed by atoms with Gasteiger partial charge in [0.05, 0.1) is 22.6 Å². The maximum atomic E-state index is 14.1. The number of benzene rings is 2. The average Bonchev–Trinajstić information content (AvgIpc) is 3.14. The van der Waals surface area contributed by atoms with Crippen LogP contribution < -0.4 is 15.5 Å². The van der Waals surface area contributed by atoms with Crippen LogP contribution in [0, 0.1) is 12.7 Å². The van der Waals surface area contributed by atoms with E-state index in [4.69, 9.17) is 22.1 Å². The predicted molar refractivity (Wildman–Crippen MR) is 118 cm³/mol. The highest BCUT2D eigenvalue weighted by atomic mass is 35.5. The van der Waals surface area contributed by atoms with Gasteiger partial charge < -0.3 is 15.3 Å². The lowest BCUT2D eigenvalue weighted by molar-refractivity contribution is -0.199. The number of hydrogen-bond donors (Lipinski definition) is 1. The molecule has 2 aromatic carbocycles. The number of alkyl halides is 3. The summed E-state index contributed by atoms with van der Waals surface area (Å²) in [5.41, 5.74) is 5.57. The van der Waals surface area contributed by atoms with Crippen molar-refractivity contribution in [2.75, 3.05) is 18.2 Å². The molecule has 1 amide bonds. The van der Waals surface area contributed by atoms with Gasteiger partial charge in [-0.3, -0.25) is 9.48 Å². The second-order valence-electron chi connectivity index (χ2n) is 7.22. The Labute approximate surface area is 201 Å². The molecular formula is C22H19ClF4N4O4. The van der Waals surface area contributed by atoms with Crippen LogP contribution in [-0.4, -0.2) is 41.0 Å². The zero-order valence-corrected chi connectivity index (χ0v) is 19.2. The zero-order valence-electron chi connectivity index (χ0n) is 18.4. The van der Waals surface area contributed by atoms with Crippen molar-refractivity contribution in [2.45, 2.75) is 13.1 Å². The van der Waals surface area contributed by atoms with Crippen LogP contribution in [0.1, 0.15) is 15.9 Å². The highest BCUT2D eigenvalue weighted by Crippen LogP contribution is 2.38.